The van der Waals surface area contributed by atoms with Crippen LogP contribution in [0.15, 0.2) is 29.2 Å². The summed E-state index contributed by atoms with van der Waals surface area (Å²) >= 11 is 3.94. The minimum atomic E-state index is 0.0194. The van der Waals surface area contributed by atoms with E-state index in [4.69, 9.17) is 0 Å². The lowest BCUT2D eigenvalue weighted by Gasteiger charge is -2.33. The minimum absolute atomic E-state index is 0.0194. The Kier molecular flexibility index (Phi) is 10.2. The Balaban J connectivity index is 1.91. The van der Waals surface area contributed by atoms with Gasteiger partial charge < -0.3 is 10.2 Å². The van der Waals surface area contributed by atoms with Gasteiger partial charge >= 0.3 is 0 Å². The van der Waals surface area contributed by atoms with Crippen molar-refractivity contribution in [3.63, 3.8) is 0 Å². The van der Waals surface area contributed by atoms with E-state index in [9.17, 15) is 4.79 Å². The zero-order chi connectivity index (χ0) is 20.5. The third-order valence-electron chi connectivity index (χ3n) is 5.29. The molecule has 0 spiro atoms. The van der Waals surface area contributed by atoms with Crippen molar-refractivity contribution >= 4 is 29.4 Å². The molecular formula is C23H38N2OS2. The molecule has 158 valence electrons. The summed E-state index contributed by atoms with van der Waals surface area (Å²) in [6, 6.07) is 8.84. The van der Waals surface area contributed by atoms with E-state index < -0.39 is 0 Å². The summed E-state index contributed by atoms with van der Waals surface area (Å²) in [5.74, 6) is 0.742. The van der Waals surface area contributed by atoms with Gasteiger partial charge in [-0.15, -0.1) is 23.5 Å². The van der Waals surface area contributed by atoms with Crippen LogP contribution in [0.5, 0.6) is 0 Å². The van der Waals surface area contributed by atoms with Crippen LogP contribution in [-0.4, -0.2) is 53.7 Å². The molecule has 0 heterocycles. The largest absolute Gasteiger partial charge is 0.355 e. The van der Waals surface area contributed by atoms with Gasteiger partial charge in [0.2, 0.25) is 5.91 Å². The first-order valence-corrected chi connectivity index (χ1v) is 12.5. The third kappa shape index (κ3) is 7.64. The van der Waals surface area contributed by atoms with Gasteiger partial charge in [0.15, 0.2) is 0 Å². The molecule has 2 rings (SSSR count). The molecule has 28 heavy (non-hydrogen) atoms. The van der Waals surface area contributed by atoms with Crippen LogP contribution in [0.1, 0.15) is 64.4 Å². The Bertz CT molecular complexity index is 606. The van der Waals surface area contributed by atoms with Crippen molar-refractivity contribution in [3.8, 4) is 0 Å². The van der Waals surface area contributed by atoms with Crippen molar-refractivity contribution in [2.75, 3.05) is 27.2 Å². The number of thioether (sulfide) groups is 2. The topological polar surface area (TPSA) is 32.3 Å². The Morgan fingerprint density at radius 3 is 2.50 bits per heavy atom. The molecule has 1 amide bonds. The van der Waals surface area contributed by atoms with Crippen molar-refractivity contribution in [1.29, 1.82) is 0 Å². The molecule has 3 nitrogen and oxygen atoms in total. The maximum Gasteiger partial charge on any atom is 0.232 e. The molecule has 1 N–H and O–H groups in total. The summed E-state index contributed by atoms with van der Waals surface area (Å²) in [6.45, 7) is 8.40. The number of hydrogen-bond donors (Lipinski definition) is 1. The minimum Gasteiger partial charge on any atom is -0.355 e. The molecule has 0 bridgehead atoms. The zero-order valence-corrected chi connectivity index (χ0v) is 19.9. The molecular weight excluding hydrogens is 384 g/mol. The summed E-state index contributed by atoms with van der Waals surface area (Å²) in [5, 5.41) is 4.30. The van der Waals surface area contributed by atoms with Gasteiger partial charge in [-0.2, -0.15) is 0 Å². The van der Waals surface area contributed by atoms with E-state index in [1.54, 1.807) is 0 Å². The molecule has 1 saturated carbocycles. The monoisotopic (exact) mass is 422 g/mol. The predicted octanol–water partition coefficient (Wildman–Crippen LogP) is 5.40. The fourth-order valence-electron chi connectivity index (χ4n) is 3.66. The zero-order valence-electron chi connectivity index (χ0n) is 18.2. The number of rotatable bonds is 10. The molecule has 0 aromatic heterocycles. The second kappa shape index (κ2) is 12.1. The maximum absolute atomic E-state index is 12.5. The molecule has 1 aliphatic carbocycles. The number of nitrogens with zero attached hydrogens (tertiary/aromatic N) is 1. The average molecular weight is 423 g/mol. The molecule has 0 aliphatic heterocycles. The van der Waals surface area contributed by atoms with E-state index >= 15 is 0 Å². The summed E-state index contributed by atoms with van der Waals surface area (Å²) in [7, 11) is 4.14. The highest BCUT2D eigenvalue weighted by Crippen LogP contribution is 2.42. The molecule has 1 fully saturated rings. The van der Waals surface area contributed by atoms with Crippen LogP contribution in [0.25, 0.3) is 0 Å². The summed E-state index contributed by atoms with van der Waals surface area (Å²) in [4.78, 5) is 16.1. The molecule has 0 radical (unpaired) electrons. The molecule has 5 heteroatoms. The summed E-state index contributed by atoms with van der Waals surface area (Å²) in [6.07, 6.45) is 6.09. The van der Waals surface area contributed by atoms with E-state index in [1.807, 2.05) is 23.5 Å². The van der Waals surface area contributed by atoms with Crippen LogP contribution < -0.4 is 5.32 Å². The second-order valence-electron chi connectivity index (χ2n) is 8.40. The third-order valence-corrected chi connectivity index (χ3v) is 8.49. The lowest BCUT2D eigenvalue weighted by molar-refractivity contribution is -0.120. The normalized spacial score (nSPS) is 21.1. The fraction of sp³-hybridized carbons (Fsp3) is 0.696. The number of benzene rings is 1. The van der Waals surface area contributed by atoms with E-state index in [0.29, 0.717) is 16.4 Å². The van der Waals surface area contributed by atoms with E-state index in [0.717, 1.165) is 19.5 Å². The van der Waals surface area contributed by atoms with Gasteiger partial charge in [0.25, 0.3) is 0 Å². The lowest BCUT2D eigenvalue weighted by Crippen LogP contribution is -2.35. The van der Waals surface area contributed by atoms with Crippen molar-refractivity contribution < 1.29 is 4.79 Å². The summed E-state index contributed by atoms with van der Waals surface area (Å²) in [5.41, 5.74) is 1.45. The first-order chi connectivity index (χ1) is 13.4. The van der Waals surface area contributed by atoms with E-state index in [1.165, 1.54) is 36.1 Å². The Morgan fingerprint density at radius 1 is 1.14 bits per heavy atom. The van der Waals surface area contributed by atoms with Crippen molar-refractivity contribution in [2.45, 2.75) is 79.4 Å². The highest BCUT2D eigenvalue weighted by Gasteiger charge is 2.30. The number of carbonyl (C=O) groups is 1. The SMILES string of the molecule is CC(SC1CCCCC1Sc1ccccc1C(C)C)C(=O)NCCCN(C)C. The molecule has 0 saturated heterocycles. The lowest BCUT2D eigenvalue weighted by atomic mass is 10.00. The molecule has 1 aliphatic rings. The van der Waals surface area contributed by atoms with Crippen LogP contribution >= 0.6 is 23.5 Å². The van der Waals surface area contributed by atoms with Crippen molar-refractivity contribution in [1.82, 2.24) is 10.2 Å². The Labute approximate surface area is 180 Å². The second-order valence-corrected chi connectivity index (χ2v) is 11.3. The van der Waals surface area contributed by atoms with Crippen LogP contribution in [0.3, 0.4) is 0 Å². The molecule has 1 aromatic carbocycles. The highest BCUT2D eigenvalue weighted by atomic mass is 32.2. The first-order valence-electron chi connectivity index (χ1n) is 10.7. The van der Waals surface area contributed by atoms with Gasteiger partial charge in [-0.1, -0.05) is 44.9 Å². The predicted molar refractivity (Wildman–Crippen MR) is 126 cm³/mol. The Morgan fingerprint density at radius 2 is 1.82 bits per heavy atom. The number of nitrogens with one attached hydrogen (secondary N) is 1. The van der Waals surface area contributed by atoms with Gasteiger partial charge in [0, 0.05) is 21.9 Å². The van der Waals surface area contributed by atoms with Gasteiger partial charge in [-0.3, -0.25) is 4.79 Å². The fourth-order valence-corrected chi connectivity index (χ4v) is 6.86. The standard InChI is InChI=1S/C23H38N2OS2/c1-17(2)19-11-6-7-12-20(19)28-22-14-9-8-13-21(22)27-18(3)23(26)24-15-10-16-25(4)5/h6-7,11-12,17-18,21-22H,8-10,13-16H2,1-5H3,(H,24,26). The number of hydrogen-bond acceptors (Lipinski definition) is 4. The van der Waals surface area contributed by atoms with Crippen LogP contribution in [-0.2, 0) is 4.79 Å². The molecule has 3 atom stereocenters. The molecule has 1 aromatic rings. The first kappa shape index (κ1) is 23.6. The van der Waals surface area contributed by atoms with Gasteiger partial charge in [0.05, 0.1) is 5.25 Å². The highest BCUT2D eigenvalue weighted by molar-refractivity contribution is 8.04. The molecule has 3 unspecified atom stereocenters. The van der Waals surface area contributed by atoms with Crippen LogP contribution in [0, 0.1) is 0 Å². The van der Waals surface area contributed by atoms with Crippen molar-refractivity contribution in [2.24, 2.45) is 0 Å². The van der Waals surface area contributed by atoms with Crippen molar-refractivity contribution in [3.05, 3.63) is 29.8 Å². The van der Waals surface area contributed by atoms with Gasteiger partial charge in [0.1, 0.15) is 0 Å². The average Bonchev–Trinajstić information content (AvgIpc) is 2.66. The maximum atomic E-state index is 12.5. The number of amides is 1. The Hall–Kier alpha value is -0.650. The van der Waals surface area contributed by atoms with Gasteiger partial charge in [-0.25, -0.2) is 0 Å². The van der Waals surface area contributed by atoms with Gasteiger partial charge in [-0.05, 0) is 64.4 Å². The quantitative estimate of drug-likeness (QED) is 0.512. The smallest absolute Gasteiger partial charge is 0.232 e. The van der Waals surface area contributed by atoms with Crippen LogP contribution in [0.2, 0.25) is 0 Å². The number of carbonyl (C=O) groups excluding carboxylic acids is 1. The van der Waals surface area contributed by atoms with E-state index in [2.05, 4.69) is 69.3 Å². The van der Waals surface area contributed by atoms with E-state index in [-0.39, 0.29) is 11.2 Å². The summed E-state index contributed by atoms with van der Waals surface area (Å²) < 4.78 is 0. The van der Waals surface area contributed by atoms with Crippen LogP contribution in [0.4, 0.5) is 0 Å².